The molecular formula is C12H10ClN3O2. The van der Waals surface area contributed by atoms with Crippen molar-refractivity contribution in [1.29, 1.82) is 0 Å². The first-order valence-corrected chi connectivity index (χ1v) is 5.48. The lowest BCUT2D eigenvalue weighted by molar-refractivity contribution is 0.102. The molecule has 0 bridgehead atoms. The highest BCUT2D eigenvalue weighted by atomic mass is 35.5. The number of nitrogens with one attached hydrogen (secondary N) is 1. The lowest BCUT2D eigenvalue weighted by Crippen LogP contribution is -2.12. The van der Waals surface area contributed by atoms with E-state index in [0.29, 0.717) is 22.0 Å². The summed E-state index contributed by atoms with van der Waals surface area (Å²) in [6.07, 6.45) is 4.24. The van der Waals surface area contributed by atoms with Gasteiger partial charge in [0.05, 0.1) is 17.7 Å². The van der Waals surface area contributed by atoms with Gasteiger partial charge in [-0.1, -0.05) is 11.6 Å². The van der Waals surface area contributed by atoms with E-state index in [1.807, 2.05) is 0 Å². The number of carbonyl (C=O) groups excluding carboxylic acids is 1. The number of benzene rings is 1. The molecule has 0 spiro atoms. The Hall–Kier alpha value is -2.14. The highest BCUT2D eigenvalue weighted by Crippen LogP contribution is 2.27. The van der Waals surface area contributed by atoms with E-state index >= 15 is 0 Å². The molecule has 5 nitrogen and oxygen atoms in total. The molecule has 2 aromatic rings. The lowest BCUT2D eigenvalue weighted by Gasteiger charge is -2.07. The highest BCUT2D eigenvalue weighted by molar-refractivity contribution is 6.32. The van der Waals surface area contributed by atoms with Crippen LogP contribution in [-0.2, 0) is 0 Å². The van der Waals surface area contributed by atoms with Crippen LogP contribution in [0.3, 0.4) is 0 Å². The third-order valence-corrected chi connectivity index (χ3v) is 2.53. The van der Waals surface area contributed by atoms with Crippen LogP contribution >= 0.6 is 11.6 Å². The monoisotopic (exact) mass is 263 g/mol. The lowest BCUT2D eigenvalue weighted by atomic mass is 10.2. The maximum Gasteiger partial charge on any atom is 0.258 e. The Morgan fingerprint density at radius 1 is 1.33 bits per heavy atom. The van der Waals surface area contributed by atoms with Crippen molar-refractivity contribution < 1.29 is 9.53 Å². The van der Waals surface area contributed by atoms with Crippen molar-refractivity contribution >= 4 is 23.2 Å². The van der Waals surface area contributed by atoms with Crippen molar-refractivity contribution in [3.63, 3.8) is 0 Å². The van der Waals surface area contributed by atoms with E-state index in [1.54, 1.807) is 18.2 Å². The smallest absolute Gasteiger partial charge is 0.258 e. The summed E-state index contributed by atoms with van der Waals surface area (Å²) in [5.41, 5.74) is 0.957. The number of carbonyl (C=O) groups is 1. The molecule has 0 aliphatic heterocycles. The molecule has 1 aromatic heterocycles. The van der Waals surface area contributed by atoms with Crippen molar-refractivity contribution in [1.82, 2.24) is 9.97 Å². The van der Waals surface area contributed by atoms with E-state index in [4.69, 9.17) is 16.3 Å². The predicted molar refractivity (Wildman–Crippen MR) is 68.0 cm³/mol. The molecule has 0 unspecified atom stereocenters. The van der Waals surface area contributed by atoms with Crippen LogP contribution < -0.4 is 10.1 Å². The Morgan fingerprint density at radius 2 is 2.06 bits per heavy atom. The summed E-state index contributed by atoms with van der Waals surface area (Å²) in [5, 5.41) is 3.12. The van der Waals surface area contributed by atoms with E-state index in [9.17, 15) is 4.79 Å². The molecule has 0 aliphatic rings. The average Bonchev–Trinajstić information content (AvgIpc) is 2.40. The minimum Gasteiger partial charge on any atom is -0.495 e. The number of aromatic nitrogens is 2. The molecule has 18 heavy (non-hydrogen) atoms. The first-order chi connectivity index (χ1) is 8.70. The summed E-state index contributed by atoms with van der Waals surface area (Å²) < 4.78 is 5.02. The summed E-state index contributed by atoms with van der Waals surface area (Å²) in [6.45, 7) is 0. The van der Waals surface area contributed by atoms with Crippen LogP contribution in [0, 0.1) is 0 Å². The van der Waals surface area contributed by atoms with Crippen molar-refractivity contribution in [2.45, 2.75) is 0 Å². The normalized spacial score (nSPS) is 9.89. The zero-order valence-corrected chi connectivity index (χ0v) is 10.3. The van der Waals surface area contributed by atoms with Gasteiger partial charge in [0, 0.05) is 18.1 Å². The van der Waals surface area contributed by atoms with E-state index in [0.717, 1.165) is 0 Å². The summed E-state index contributed by atoms with van der Waals surface area (Å²) in [5.74, 6) is 0.259. The van der Waals surface area contributed by atoms with Gasteiger partial charge in [-0.25, -0.2) is 9.97 Å². The van der Waals surface area contributed by atoms with Gasteiger partial charge < -0.3 is 10.1 Å². The summed E-state index contributed by atoms with van der Waals surface area (Å²) >= 11 is 5.96. The van der Waals surface area contributed by atoms with Crippen LogP contribution in [-0.4, -0.2) is 23.0 Å². The number of ether oxygens (including phenoxy) is 1. The molecule has 0 saturated carbocycles. The molecule has 6 heteroatoms. The molecule has 92 valence electrons. The third kappa shape index (κ3) is 2.75. The second kappa shape index (κ2) is 5.46. The van der Waals surface area contributed by atoms with Crippen molar-refractivity contribution in [3.05, 3.63) is 47.5 Å². The van der Waals surface area contributed by atoms with Crippen LogP contribution in [0.5, 0.6) is 5.75 Å². The molecule has 1 amide bonds. The number of amides is 1. The van der Waals surface area contributed by atoms with Gasteiger partial charge in [0.1, 0.15) is 12.1 Å². The Bertz CT molecular complexity index is 561. The van der Waals surface area contributed by atoms with E-state index in [2.05, 4.69) is 15.3 Å². The van der Waals surface area contributed by atoms with Crippen LogP contribution in [0.25, 0.3) is 0 Å². The quantitative estimate of drug-likeness (QED) is 0.923. The second-order valence-corrected chi connectivity index (χ2v) is 3.84. The first-order valence-electron chi connectivity index (χ1n) is 5.10. The third-order valence-electron chi connectivity index (χ3n) is 2.23. The molecule has 2 rings (SSSR count). The summed E-state index contributed by atoms with van der Waals surface area (Å²) in [4.78, 5) is 19.4. The van der Waals surface area contributed by atoms with Crippen molar-refractivity contribution in [3.8, 4) is 5.75 Å². The predicted octanol–water partition coefficient (Wildman–Crippen LogP) is 2.39. The molecule has 1 aromatic carbocycles. The number of nitrogens with zero attached hydrogens (tertiary/aromatic N) is 2. The molecule has 0 fully saturated rings. The van der Waals surface area contributed by atoms with Crippen LogP contribution in [0.1, 0.15) is 10.4 Å². The Morgan fingerprint density at radius 3 is 2.67 bits per heavy atom. The zero-order valence-electron chi connectivity index (χ0n) is 9.55. The number of hydrogen-bond acceptors (Lipinski definition) is 4. The van der Waals surface area contributed by atoms with Crippen molar-refractivity contribution in [2.75, 3.05) is 12.4 Å². The number of hydrogen-bond donors (Lipinski definition) is 1. The fourth-order valence-corrected chi connectivity index (χ4v) is 1.62. The van der Waals surface area contributed by atoms with Gasteiger partial charge in [-0.2, -0.15) is 0 Å². The van der Waals surface area contributed by atoms with Crippen molar-refractivity contribution in [2.24, 2.45) is 0 Å². The number of methoxy groups -OCH3 is 1. The summed E-state index contributed by atoms with van der Waals surface area (Å²) in [7, 11) is 1.53. The summed E-state index contributed by atoms with van der Waals surface area (Å²) in [6, 6.07) is 4.99. The molecule has 0 radical (unpaired) electrons. The largest absolute Gasteiger partial charge is 0.495 e. The van der Waals surface area contributed by atoms with E-state index < -0.39 is 0 Å². The SMILES string of the molecule is COc1ccc(NC(=O)c2cncnc2)cc1Cl. The topological polar surface area (TPSA) is 64.1 Å². The molecular weight excluding hydrogens is 254 g/mol. The zero-order chi connectivity index (χ0) is 13.0. The number of rotatable bonds is 3. The van der Waals surface area contributed by atoms with Gasteiger partial charge in [-0.15, -0.1) is 0 Å². The van der Waals surface area contributed by atoms with Gasteiger partial charge in [-0.05, 0) is 18.2 Å². The first kappa shape index (κ1) is 12.3. The highest BCUT2D eigenvalue weighted by Gasteiger charge is 2.08. The van der Waals surface area contributed by atoms with Gasteiger partial charge >= 0.3 is 0 Å². The fraction of sp³-hybridized carbons (Fsp3) is 0.0833. The van der Waals surface area contributed by atoms with Gasteiger partial charge in [-0.3, -0.25) is 4.79 Å². The van der Waals surface area contributed by atoms with Crippen LogP contribution in [0.2, 0.25) is 5.02 Å². The van der Waals surface area contributed by atoms with Gasteiger partial charge in [0.25, 0.3) is 5.91 Å². The maximum absolute atomic E-state index is 11.8. The fourth-order valence-electron chi connectivity index (χ4n) is 1.36. The van der Waals surface area contributed by atoms with E-state index in [-0.39, 0.29) is 5.91 Å². The minimum atomic E-state index is -0.295. The average molecular weight is 264 g/mol. The molecule has 0 atom stereocenters. The molecule has 1 heterocycles. The van der Waals surface area contributed by atoms with Gasteiger partial charge in [0.15, 0.2) is 0 Å². The Kier molecular flexibility index (Phi) is 3.74. The molecule has 0 saturated heterocycles. The van der Waals surface area contributed by atoms with Crippen LogP contribution in [0.4, 0.5) is 5.69 Å². The minimum absolute atomic E-state index is 0.295. The Labute approximate surface area is 109 Å². The van der Waals surface area contributed by atoms with Gasteiger partial charge in [0.2, 0.25) is 0 Å². The second-order valence-electron chi connectivity index (χ2n) is 3.43. The number of halogens is 1. The standard InChI is InChI=1S/C12H10ClN3O2/c1-18-11-3-2-9(4-10(11)13)16-12(17)8-5-14-7-15-6-8/h2-7H,1H3,(H,16,17). The Balaban J connectivity index is 2.15. The number of anilines is 1. The van der Waals surface area contributed by atoms with E-state index in [1.165, 1.54) is 25.8 Å². The maximum atomic E-state index is 11.8. The van der Waals surface area contributed by atoms with Crippen LogP contribution in [0.15, 0.2) is 36.9 Å². The molecule has 1 N–H and O–H groups in total. The molecule has 0 aliphatic carbocycles.